The van der Waals surface area contributed by atoms with Crippen molar-refractivity contribution in [3.63, 3.8) is 0 Å². The highest BCUT2D eigenvalue weighted by Gasteiger charge is 2.12. The maximum atomic E-state index is 13.3. The van der Waals surface area contributed by atoms with Gasteiger partial charge in [0.05, 0.1) is 5.02 Å². The number of hydrogen-bond acceptors (Lipinski definition) is 1. The van der Waals surface area contributed by atoms with Crippen molar-refractivity contribution in [3.8, 4) is 11.1 Å². The first-order chi connectivity index (χ1) is 8.52. The number of halogens is 3. The summed E-state index contributed by atoms with van der Waals surface area (Å²) in [7, 11) is 0. The van der Waals surface area contributed by atoms with Crippen LogP contribution in [0.5, 0.6) is 0 Å². The molecule has 0 aliphatic heterocycles. The first-order valence-corrected chi connectivity index (χ1v) is 5.61. The molecule has 0 N–H and O–H groups in total. The number of hydrogen-bond donors (Lipinski definition) is 0. The van der Waals surface area contributed by atoms with E-state index in [9.17, 15) is 13.6 Å². The zero-order chi connectivity index (χ0) is 13.3. The Morgan fingerprint density at radius 2 is 1.83 bits per heavy atom. The van der Waals surface area contributed by atoms with Gasteiger partial charge in [-0.1, -0.05) is 11.6 Å². The van der Waals surface area contributed by atoms with Crippen molar-refractivity contribution in [2.75, 3.05) is 0 Å². The summed E-state index contributed by atoms with van der Waals surface area (Å²) in [6.07, 6.45) is 0.615. The van der Waals surface area contributed by atoms with Crippen LogP contribution >= 0.6 is 11.6 Å². The molecule has 2 aromatic carbocycles. The van der Waals surface area contributed by atoms with Crippen LogP contribution in [0.15, 0.2) is 30.3 Å². The highest BCUT2D eigenvalue weighted by Crippen LogP contribution is 2.32. The van der Waals surface area contributed by atoms with E-state index in [4.69, 9.17) is 11.6 Å². The average molecular weight is 267 g/mol. The standard InChI is InChI=1S/C14H9ClF2O/c1-8-4-12(13(15)6-14(8)17)11-5-10(16)3-2-9(11)7-18/h2-7H,1H3. The van der Waals surface area contributed by atoms with Crippen molar-refractivity contribution in [1.29, 1.82) is 0 Å². The second kappa shape index (κ2) is 4.86. The summed E-state index contributed by atoms with van der Waals surface area (Å²) in [6.45, 7) is 1.58. The van der Waals surface area contributed by atoms with Gasteiger partial charge in [0.15, 0.2) is 6.29 Å². The molecule has 2 rings (SSSR count). The predicted molar refractivity (Wildman–Crippen MR) is 66.9 cm³/mol. The van der Waals surface area contributed by atoms with Crippen LogP contribution in [0.4, 0.5) is 8.78 Å². The molecule has 18 heavy (non-hydrogen) atoms. The van der Waals surface area contributed by atoms with Crippen molar-refractivity contribution < 1.29 is 13.6 Å². The maximum Gasteiger partial charge on any atom is 0.150 e. The zero-order valence-corrected chi connectivity index (χ0v) is 10.3. The van der Waals surface area contributed by atoms with E-state index < -0.39 is 11.6 Å². The molecule has 2 aromatic rings. The Morgan fingerprint density at radius 1 is 1.11 bits per heavy atom. The summed E-state index contributed by atoms with van der Waals surface area (Å²) in [5.41, 5.74) is 1.50. The molecule has 0 atom stereocenters. The maximum absolute atomic E-state index is 13.3. The molecule has 4 heteroatoms. The largest absolute Gasteiger partial charge is 0.298 e. The molecule has 0 fully saturated rings. The Morgan fingerprint density at radius 3 is 2.50 bits per heavy atom. The van der Waals surface area contributed by atoms with Crippen molar-refractivity contribution >= 4 is 17.9 Å². The summed E-state index contributed by atoms with van der Waals surface area (Å²) in [6, 6.07) is 6.43. The zero-order valence-electron chi connectivity index (χ0n) is 9.51. The van der Waals surface area contributed by atoms with Crippen molar-refractivity contribution in [3.05, 3.63) is 58.1 Å². The van der Waals surface area contributed by atoms with Crippen LogP contribution in [0, 0.1) is 18.6 Å². The van der Waals surface area contributed by atoms with Crippen molar-refractivity contribution in [1.82, 2.24) is 0 Å². The van der Waals surface area contributed by atoms with Crippen LogP contribution in [0.2, 0.25) is 5.02 Å². The average Bonchev–Trinajstić information content (AvgIpc) is 2.34. The fourth-order valence-corrected chi connectivity index (χ4v) is 1.98. The normalized spacial score (nSPS) is 10.4. The fraction of sp³-hybridized carbons (Fsp3) is 0.0714. The number of rotatable bonds is 2. The molecule has 1 nitrogen and oxygen atoms in total. The minimum atomic E-state index is -0.478. The molecule has 0 aliphatic rings. The number of carbonyl (C=O) groups is 1. The number of aldehydes is 1. The molecular weight excluding hydrogens is 258 g/mol. The van der Waals surface area contributed by atoms with Gasteiger partial charge in [0.2, 0.25) is 0 Å². The molecule has 0 amide bonds. The molecule has 0 radical (unpaired) electrons. The topological polar surface area (TPSA) is 17.1 Å². The van der Waals surface area contributed by atoms with Gasteiger partial charge in [-0.2, -0.15) is 0 Å². The van der Waals surface area contributed by atoms with Crippen molar-refractivity contribution in [2.45, 2.75) is 6.92 Å². The second-order valence-electron chi connectivity index (χ2n) is 3.93. The molecule has 0 saturated carbocycles. The summed E-state index contributed by atoms with van der Waals surface area (Å²) >= 11 is 5.94. The molecular formula is C14H9ClF2O. The van der Waals surface area contributed by atoms with Gasteiger partial charge in [-0.15, -0.1) is 0 Å². The Labute approximate surface area is 108 Å². The van der Waals surface area contributed by atoms with Crippen molar-refractivity contribution in [2.24, 2.45) is 0 Å². The minimum absolute atomic E-state index is 0.145. The lowest BCUT2D eigenvalue weighted by molar-refractivity contribution is 0.112. The number of benzene rings is 2. The van der Waals surface area contributed by atoms with Gasteiger partial charge in [-0.25, -0.2) is 8.78 Å². The van der Waals surface area contributed by atoms with Gasteiger partial charge in [0, 0.05) is 11.1 Å². The third-order valence-corrected chi connectivity index (χ3v) is 2.99. The summed E-state index contributed by atoms with van der Waals surface area (Å²) in [5.74, 6) is -0.915. The van der Waals surface area contributed by atoms with E-state index in [1.807, 2.05) is 0 Å². The van der Waals surface area contributed by atoms with Gasteiger partial charge in [0.1, 0.15) is 11.6 Å². The van der Waals surface area contributed by atoms with Gasteiger partial charge in [-0.05, 0) is 48.4 Å². The van der Waals surface area contributed by atoms with E-state index in [1.165, 1.54) is 24.3 Å². The Bertz CT molecular complexity index is 623. The predicted octanol–water partition coefficient (Wildman–Crippen LogP) is 4.41. The quantitative estimate of drug-likeness (QED) is 0.736. The molecule has 0 aliphatic carbocycles. The summed E-state index contributed by atoms with van der Waals surface area (Å²) in [4.78, 5) is 10.9. The monoisotopic (exact) mass is 266 g/mol. The van der Waals surface area contributed by atoms with E-state index in [0.717, 1.165) is 6.07 Å². The van der Waals surface area contributed by atoms with E-state index in [1.54, 1.807) is 6.92 Å². The van der Waals surface area contributed by atoms with Crippen LogP contribution in [0.3, 0.4) is 0 Å². The van der Waals surface area contributed by atoms with Crippen LogP contribution in [-0.2, 0) is 0 Å². The van der Waals surface area contributed by atoms with Gasteiger partial charge in [-0.3, -0.25) is 4.79 Å². The van der Waals surface area contributed by atoms with Gasteiger partial charge < -0.3 is 0 Å². The third-order valence-electron chi connectivity index (χ3n) is 2.68. The fourth-order valence-electron chi connectivity index (χ4n) is 1.73. The van der Waals surface area contributed by atoms with Crippen LogP contribution in [-0.4, -0.2) is 6.29 Å². The van der Waals surface area contributed by atoms with E-state index in [0.29, 0.717) is 28.5 Å². The SMILES string of the molecule is Cc1cc(-c2cc(F)ccc2C=O)c(Cl)cc1F. The summed E-state index contributed by atoms with van der Waals surface area (Å²) < 4.78 is 26.6. The lowest BCUT2D eigenvalue weighted by Gasteiger charge is -2.09. The van der Waals surface area contributed by atoms with Crippen LogP contribution < -0.4 is 0 Å². The lowest BCUT2D eigenvalue weighted by Crippen LogP contribution is -1.92. The van der Waals surface area contributed by atoms with E-state index in [-0.39, 0.29) is 5.02 Å². The van der Waals surface area contributed by atoms with Crippen LogP contribution in [0.1, 0.15) is 15.9 Å². The number of aryl methyl sites for hydroxylation is 1. The van der Waals surface area contributed by atoms with Gasteiger partial charge >= 0.3 is 0 Å². The molecule has 0 spiro atoms. The second-order valence-corrected chi connectivity index (χ2v) is 4.34. The van der Waals surface area contributed by atoms with Gasteiger partial charge in [0.25, 0.3) is 0 Å². The molecule has 0 unspecified atom stereocenters. The lowest BCUT2D eigenvalue weighted by atomic mass is 9.98. The third kappa shape index (κ3) is 2.27. The first kappa shape index (κ1) is 12.7. The van der Waals surface area contributed by atoms with Crippen LogP contribution in [0.25, 0.3) is 11.1 Å². The van der Waals surface area contributed by atoms with E-state index in [2.05, 4.69) is 0 Å². The molecule has 0 aromatic heterocycles. The highest BCUT2D eigenvalue weighted by molar-refractivity contribution is 6.33. The molecule has 0 saturated heterocycles. The highest BCUT2D eigenvalue weighted by atomic mass is 35.5. The smallest absolute Gasteiger partial charge is 0.150 e. The Kier molecular flexibility index (Phi) is 3.43. The molecule has 92 valence electrons. The Balaban J connectivity index is 2.72. The molecule has 0 bridgehead atoms. The minimum Gasteiger partial charge on any atom is -0.298 e. The van der Waals surface area contributed by atoms with E-state index >= 15 is 0 Å². The molecule has 0 heterocycles. The first-order valence-electron chi connectivity index (χ1n) is 5.23. The summed E-state index contributed by atoms with van der Waals surface area (Å²) in [5, 5.41) is 0.145. The number of carbonyl (C=O) groups excluding carboxylic acids is 1. The Hall–Kier alpha value is -1.74.